The van der Waals surface area contributed by atoms with Gasteiger partial charge in [0.15, 0.2) is 0 Å². The summed E-state index contributed by atoms with van der Waals surface area (Å²) in [6.45, 7) is 10.5. The van der Waals surface area contributed by atoms with Crippen molar-refractivity contribution in [1.29, 1.82) is 0 Å². The topological polar surface area (TPSA) is 53.5 Å². The molecule has 18 heavy (non-hydrogen) atoms. The van der Waals surface area contributed by atoms with E-state index in [-0.39, 0.29) is 11.2 Å². The van der Waals surface area contributed by atoms with E-state index >= 15 is 0 Å². The molecule has 1 aliphatic rings. The average Bonchev–Trinajstić information content (AvgIpc) is 2.50. The van der Waals surface area contributed by atoms with E-state index in [1.165, 1.54) is 0 Å². The van der Waals surface area contributed by atoms with Crippen molar-refractivity contribution in [2.45, 2.75) is 45.8 Å². The number of hydrogen-bond acceptors (Lipinski definition) is 5. The first-order valence-corrected chi connectivity index (χ1v) is 6.16. The van der Waals surface area contributed by atoms with E-state index in [0.717, 1.165) is 5.46 Å². The van der Waals surface area contributed by atoms with Gasteiger partial charge in [0.05, 0.1) is 17.8 Å². The third kappa shape index (κ3) is 2.35. The van der Waals surface area contributed by atoms with Gasteiger partial charge >= 0.3 is 13.1 Å². The summed E-state index contributed by atoms with van der Waals surface area (Å²) in [6, 6.07) is 0.373. The summed E-state index contributed by atoms with van der Waals surface area (Å²) in [5.74, 6) is 0. The van der Waals surface area contributed by atoms with Crippen LogP contribution in [0.3, 0.4) is 0 Å². The number of rotatable bonds is 3. The Morgan fingerprint density at radius 3 is 2.06 bits per heavy atom. The maximum absolute atomic E-state index is 5.91. The Bertz CT molecular complexity index is 404. The lowest BCUT2D eigenvalue weighted by Crippen LogP contribution is -2.41. The molecule has 1 aromatic heterocycles. The van der Waals surface area contributed by atoms with Gasteiger partial charge in [-0.05, 0) is 34.6 Å². The highest BCUT2D eigenvalue weighted by molar-refractivity contribution is 6.61. The normalized spacial score (nSPS) is 21.1. The Hall–Kier alpha value is -1.14. The van der Waals surface area contributed by atoms with Gasteiger partial charge in [0.25, 0.3) is 0 Å². The van der Waals surface area contributed by atoms with Gasteiger partial charge in [-0.1, -0.05) is 0 Å². The van der Waals surface area contributed by atoms with E-state index < -0.39 is 7.12 Å². The van der Waals surface area contributed by atoms with Crippen LogP contribution in [0.1, 0.15) is 34.6 Å². The number of ether oxygens (including phenoxy) is 1. The molecular weight excluding hydrogens is 231 g/mol. The van der Waals surface area contributed by atoms with Crippen molar-refractivity contribution >= 4 is 12.6 Å². The Morgan fingerprint density at radius 1 is 1.11 bits per heavy atom. The van der Waals surface area contributed by atoms with Crippen LogP contribution >= 0.6 is 0 Å². The van der Waals surface area contributed by atoms with Gasteiger partial charge in [0.1, 0.15) is 0 Å². The van der Waals surface area contributed by atoms with Crippen LogP contribution in [-0.2, 0) is 9.31 Å². The molecule has 0 radical (unpaired) electrons. The Balaban J connectivity index is 2.14. The molecule has 0 N–H and O–H groups in total. The van der Waals surface area contributed by atoms with E-state index in [2.05, 4.69) is 9.97 Å². The summed E-state index contributed by atoms with van der Waals surface area (Å²) >= 11 is 0. The maximum Gasteiger partial charge on any atom is 0.498 e. The minimum absolute atomic E-state index is 0.351. The average molecular weight is 250 g/mol. The molecule has 0 bridgehead atoms. The van der Waals surface area contributed by atoms with Crippen molar-refractivity contribution < 1.29 is 14.0 Å². The molecular formula is C12H19BN2O3. The Labute approximate surface area is 108 Å². The lowest BCUT2D eigenvalue weighted by Gasteiger charge is -2.32. The van der Waals surface area contributed by atoms with Gasteiger partial charge < -0.3 is 14.0 Å². The van der Waals surface area contributed by atoms with Crippen LogP contribution in [0.15, 0.2) is 12.4 Å². The molecule has 1 fully saturated rings. The number of nitrogens with zero attached hydrogens (tertiary/aromatic N) is 2. The molecule has 6 heteroatoms. The van der Waals surface area contributed by atoms with Gasteiger partial charge in [-0.15, -0.1) is 0 Å². The molecule has 0 unspecified atom stereocenters. The second-order valence-corrected chi connectivity index (χ2v) is 5.32. The Morgan fingerprint density at radius 2 is 1.61 bits per heavy atom. The quantitative estimate of drug-likeness (QED) is 0.754. The molecule has 2 rings (SSSR count). The molecule has 0 aliphatic carbocycles. The van der Waals surface area contributed by atoms with Gasteiger partial charge in [-0.3, -0.25) is 0 Å². The number of hydrogen-bond donors (Lipinski definition) is 0. The van der Waals surface area contributed by atoms with Crippen LogP contribution < -0.4 is 10.2 Å². The second kappa shape index (κ2) is 4.51. The summed E-state index contributed by atoms with van der Waals surface area (Å²) < 4.78 is 17.0. The van der Waals surface area contributed by atoms with E-state index in [1.807, 2.05) is 34.6 Å². The van der Waals surface area contributed by atoms with Crippen molar-refractivity contribution in [3.05, 3.63) is 12.4 Å². The van der Waals surface area contributed by atoms with Gasteiger partial charge in [-0.2, -0.15) is 0 Å². The van der Waals surface area contributed by atoms with Crippen LogP contribution in [0, 0.1) is 0 Å². The monoisotopic (exact) mass is 250 g/mol. The van der Waals surface area contributed by atoms with E-state index in [1.54, 1.807) is 12.4 Å². The third-order valence-corrected chi connectivity index (χ3v) is 3.45. The highest BCUT2D eigenvalue weighted by Gasteiger charge is 2.51. The second-order valence-electron chi connectivity index (χ2n) is 5.32. The first-order valence-electron chi connectivity index (χ1n) is 6.16. The minimum Gasteiger partial charge on any atom is -0.464 e. The largest absolute Gasteiger partial charge is 0.498 e. The maximum atomic E-state index is 5.91. The molecule has 0 amide bonds. The molecule has 2 heterocycles. The highest BCUT2D eigenvalue weighted by Crippen LogP contribution is 2.36. The van der Waals surface area contributed by atoms with Crippen molar-refractivity contribution in [2.75, 3.05) is 6.61 Å². The first kappa shape index (κ1) is 13.3. The summed E-state index contributed by atoms with van der Waals surface area (Å²) in [7, 11) is -0.425. The van der Waals surface area contributed by atoms with Crippen LogP contribution in [0.4, 0.5) is 0 Å². The molecule has 5 nitrogen and oxygen atoms in total. The van der Waals surface area contributed by atoms with E-state index in [4.69, 9.17) is 14.0 Å². The standard InChI is InChI=1S/C12H19BN2O3/c1-6-16-10-14-7-9(8-15-10)13-17-11(2,3)12(4,5)18-13/h7-8H,6H2,1-5H3. The third-order valence-electron chi connectivity index (χ3n) is 3.45. The molecule has 0 aromatic carbocycles. The molecule has 1 aromatic rings. The van der Waals surface area contributed by atoms with Crippen molar-refractivity contribution in [2.24, 2.45) is 0 Å². The first-order chi connectivity index (χ1) is 8.36. The van der Waals surface area contributed by atoms with Crippen LogP contribution in [-0.4, -0.2) is 34.9 Å². The zero-order chi connectivity index (χ0) is 13.4. The lowest BCUT2D eigenvalue weighted by molar-refractivity contribution is 0.00578. The van der Waals surface area contributed by atoms with Gasteiger partial charge in [-0.25, -0.2) is 9.97 Å². The van der Waals surface area contributed by atoms with Crippen LogP contribution in [0.5, 0.6) is 6.01 Å². The molecule has 0 spiro atoms. The highest BCUT2D eigenvalue weighted by atomic mass is 16.7. The smallest absolute Gasteiger partial charge is 0.464 e. The molecule has 1 saturated heterocycles. The van der Waals surface area contributed by atoms with E-state index in [0.29, 0.717) is 12.6 Å². The zero-order valence-electron chi connectivity index (χ0n) is 11.6. The molecule has 1 aliphatic heterocycles. The van der Waals surface area contributed by atoms with Gasteiger partial charge in [0, 0.05) is 17.9 Å². The summed E-state index contributed by atoms with van der Waals surface area (Å²) in [4.78, 5) is 8.23. The fourth-order valence-corrected chi connectivity index (χ4v) is 1.63. The minimum atomic E-state index is -0.425. The predicted octanol–water partition coefficient (Wildman–Crippen LogP) is 1.17. The predicted molar refractivity (Wildman–Crippen MR) is 68.9 cm³/mol. The summed E-state index contributed by atoms with van der Waals surface area (Å²) in [6.07, 6.45) is 3.36. The van der Waals surface area contributed by atoms with Crippen molar-refractivity contribution in [3.8, 4) is 6.01 Å². The molecule has 0 saturated carbocycles. The summed E-state index contributed by atoms with van der Waals surface area (Å²) in [5, 5.41) is 0. The zero-order valence-corrected chi connectivity index (χ0v) is 11.6. The molecule has 98 valence electrons. The summed E-state index contributed by atoms with van der Waals surface area (Å²) in [5.41, 5.74) is 0.101. The van der Waals surface area contributed by atoms with Crippen molar-refractivity contribution in [1.82, 2.24) is 9.97 Å². The lowest BCUT2D eigenvalue weighted by atomic mass is 9.81. The van der Waals surface area contributed by atoms with Gasteiger partial charge in [0.2, 0.25) is 0 Å². The fraction of sp³-hybridized carbons (Fsp3) is 0.667. The Kier molecular flexibility index (Phi) is 3.34. The SMILES string of the molecule is CCOc1ncc(B2OC(C)(C)C(C)(C)O2)cn1. The van der Waals surface area contributed by atoms with Crippen LogP contribution in [0.25, 0.3) is 0 Å². The molecule has 0 atom stereocenters. The number of aromatic nitrogens is 2. The fourth-order valence-electron chi connectivity index (χ4n) is 1.63. The van der Waals surface area contributed by atoms with Crippen LogP contribution in [0.2, 0.25) is 0 Å². The van der Waals surface area contributed by atoms with E-state index in [9.17, 15) is 0 Å². The van der Waals surface area contributed by atoms with Crippen molar-refractivity contribution in [3.63, 3.8) is 0 Å².